The van der Waals surface area contributed by atoms with Gasteiger partial charge in [-0.3, -0.25) is 0 Å². The van der Waals surface area contributed by atoms with Gasteiger partial charge >= 0.3 is 6.18 Å². The summed E-state index contributed by atoms with van der Waals surface area (Å²) in [6.07, 6.45) is -4.79. The van der Waals surface area contributed by atoms with Crippen molar-refractivity contribution in [3.05, 3.63) is 52.6 Å². The first-order chi connectivity index (χ1) is 12.5. The van der Waals surface area contributed by atoms with Crippen molar-refractivity contribution in [2.75, 3.05) is 5.75 Å². The molecule has 0 bridgehead atoms. The van der Waals surface area contributed by atoms with Crippen molar-refractivity contribution in [3.63, 3.8) is 0 Å². The van der Waals surface area contributed by atoms with Crippen molar-refractivity contribution in [1.82, 2.24) is 8.96 Å². The maximum absolute atomic E-state index is 13.6. The highest BCUT2D eigenvalue weighted by Crippen LogP contribution is 2.38. The summed E-state index contributed by atoms with van der Waals surface area (Å²) in [5.74, 6) is -3.42. The smallest absolute Gasteiger partial charge is 0.227 e. The van der Waals surface area contributed by atoms with Gasteiger partial charge < -0.3 is 0 Å². The quantitative estimate of drug-likeness (QED) is 0.565. The molecule has 2 aromatic carbocycles. The van der Waals surface area contributed by atoms with Gasteiger partial charge in [0.05, 0.1) is 27.4 Å². The molecule has 0 fully saturated rings. The maximum atomic E-state index is 13.6. The van der Waals surface area contributed by atoms with Crippen molar-refractivity contribution in [2.24, 2.45) is 0 Å². The normalized spacial score (nSPS) is 12.7. The molecule has 0 spiro atoms. The van der Waals surface area contributed by atoms with Crippen LogP contribution in [0.25, 0.3) is 22.4 Å². The second-order valence-corrected chi connectivity index (χ2v) is 8.06. The van der Waals surface area contributed by atoms with Crippen LogP contribution in [0.2, 0.25) is 5.02 Å². The molecule has 0 aliphatic rings. The molecule has 3 aromatic rings. The Morgan fingerprint density at radius 3 is 2.33 bits per heavy atom. The van der Waals surface area contributed by atoms with Gasteiger partial charge in [-0.1, -0.05) is 11.6 Å². The van der Waals surface area contributed by atoms with Gasteiger partial charge in [0, 0.05) is 17.7 Å². The molecule has 11 heteroatoms. The molecule has 0 N–H and O–H groups in total. The summed E-state index contributed by atoms with van der Waals surface area (Å²) in [6.45, 7) is 1.30. The van der Waals surface area contributed by atoms with E-state index in [4.69, 9.17) is 11.6 Å². The standard InChI is InChI=1S/C16H10ClF5N2O2S/c1-2-27(25,26)24-14-7-12(19)11(18)6-13(14)23-15(24)8-3-4-10(17)9(5-8)16(20,21)22/h3-7H,2H2,1H3. The van der Waals surface area contributed by atoms with Crippen LogP contribution in [0.4, 0.5) is 22.0 Å². The maximum Gasteiger partial charge on any atom is 0.417 e. The van der Waals surface area contributed by atoms with Gasteiger partial charge in [-0.15, -0.1) is 0 Å². The first-order valence-electron chi connectivity index (χ1n) is 7.43. The number of halogens is 6. The van der Waals surface area contributed by atoms with Crippen LogP contribution in [0.5, 0.6) is 0 Å². The van der Waals surface area contributed by atoms with Crippen LogP contribution in [0.1, 0.15) is 12.5 Å². The lowest BCUT2D eigenvalue weighted by Crippen LogP contribution is -2.16. The molecule has 0 unspecified atom stereocenters. The molecule has 0 aliphatic carbocycles. The van der Waals surface area contributed by atoms with E-state index in [1.165, 1.54) is 6.92 Å². The number of hydrogen-bond donors (Lipinski definition) is 0. The van der Waals surface area contributed by atoms with Gasteiger partial charge in [0.2, 0.25) is 10.0 Å². The second-order valence-electron chi connectivity index (χ2n) is 5.55. The van der Waals surface area contributed by atoms with Crippen LogP contribution in [0, 0.1) is 11.6 Å². The summed E-state index contributed by atoms with van der Waals surface area (Å²) in [6, 6.07) is 4.04. The molecule has 3 rings (SSSR count). The summed E-state index contributed by atoms with van der Waals surface area (Å²) >= 11 is 5.58. The van der Waals surface area contributed by atoms with Crippen LogP contribution in [-0.4, -0.2) is 23.1 Å². The molecule has 0 saturated carbocycles. The van der Waals surface area contributed by atoms with E-state index in [-0.39, 0.29) is 16.6 Å². The van der Waals surface area contributed by atoms with Gasteiger partial charge in [0.1, 0.15) is 0 Å². The Bertz CT molecular complexity index is 1160. The molecule has 27 heavy (non-hydrogen) atoms. The van der Waals surface area contributed by atoms with Gasteiger partial charge in [0.25, 0.3) is 0 Å². The summed E-state index contributed by atoms with van der Waals surface area (Å²) < 4.78 is 92.1. The number of benzene rings is 2. The fraction of sp³-hybridized carbons (Fsp3) is 0.188. The van der Waals surface area contributed by atoms with Crippen molar-refractivity contribution in [3.8, 4) is 11.4 Å². The van der Waals surface area contributed by atoms with Crippen molar-refractivity contribution < 1.29 is 30.4 Å². The third-order valence-electron chi connectivity index (χ3n) is 3.83. The molecular formula is C16H10ClF5N2O2S. The molecule has 4 nitrogen and oxygen atoms in total. The first kappa shape index (κ1) is 19.6. The Balaban J connectivity index is 2.40. The summed E-state index contributed by atoms with van der Waals surface area (Å²) in [4.78, 5) is 3.92. The predicted molar refractivity (Wildman–Crippen MR) is 90.0 cm³/mol. The SMILES string of the molecule is CCS(=O)(=O)n1c(-c2ccc(Cl)c(C(F)(F)F)c2)nc2cc(F)c(F)cc21. The molecule has 0 amide bonds. The highest BCUT2D eigenvalue weighted by atomic mass is 35.5. The van der Waals surface area contributed by atoms with E-state index in [2.05, 4.69) is 4.98 Å². The van der Waals surface area contributed by atoms with Gasteiger partial charge in [-0.2, -0.15) is 13.2 Å². The minimum Gasteiger partial charge on any atom is -0.227 e. The average Bonchev–Trinajstić information content (AvgIpc) is 2.93. The largest absolute Gasteiger partial charge is 0.417 e. The molecule has 1 aromatic heterocycles. The van der Waals surface area contributed by atoms with Crippen LogP contribution < -0.4 is 0 Å². The topological polar surface area (TPSA) is 52.0 Å². The zero-order valence-electron chi connectivity index (χ0n) is 13.5. The molecule has 0 saturated heterocycles. The van der Waals surface area contributed by atoms with Gasteiger partial charge in [-0.25, -0.2) is 26.2 Å². The number of fused-ring (bicyclic) bond motifs is 1. The van der Waals surface area contributed by atoms with Crippen molar-refractivity contribution in [2.45, 2.75) is 13.1 Å². The lowest BCUT2D eigenvalue weighted by molar-refractivity contribution is -0.137. The second kappa shape index (κ2) is 6.45. The molecular weight excluding hydrogens is 415 g/mol. The van der Waals surface area contributed by atoms with Crippen LogP contribution in [0.15, 0.2) is 30.3 Å². The van der Waals surface area contributed by atoms with E-state index in [0.717, 1.165) is 12.1 Å². The van der Waals surface area contributed by atoms with Crippen molar-refractivity contribution in [1.29, 1.82) is 0 Å². The minimum absolute atomic E-state index is 0.218. The van der Waals surface area contributed by atoms with E-state index < -0.39 is 50.0 Å². The number of nitrogens with zero attached hydrogens (tertiary/aromatic N) is 2. The summed E-state index contributed by atoms with van der Waals surface area (Å²) in [7, 11) is -4.10. The number of imidazole rings is 1. The van der Waals surface area contributed by atoms with E-state index in [1.807, 2.05) is 0 Å². The molecule has 0 radical (unpaired) electrons. The zero-order valence-corrected chi connectivity index (χ0v) is 15.1. The van der Waals surface area contributed by atoms with Crippen molar-refractivity contribution >= 4 is 32.7 Å². The summed E-state index contributed by atoms with van der Waals surface area (Å²) in [5.41, 5.74) is -1.91. The Morgan fingerprint density at radius 1 is 1.11 bits per heavy atom. The van der Waals surface area contributed by atoms with E-state index in [0.29, 0.717) is 22.2 Å². The number of rotatable bonds is 3. The molecule has 144 valence electrons. The Labute approximate surface area is 155 Å². The number of aromatic nitrogens is 2. The van der Waals surface area contributed by atoms with Gasteiger partial charge in [0.15, 0.2) is 17.5 Å². The van der Waals surface area contributed by atoms with E-state index in [9.17, 15) is 30.4 Å². The molecule has 0 atom stereocenters. The number of hydrogen-bond acceptors (Lipinski definition) is 3. The van der Waals surface area contributed by atoms with Crippen LogP contribution in [-0.2, 0) is 16.2 Å². The highest BCUT2D eigenvalue weighted by Gasteiger charge is 2.34. The monoisotopic (exact) mass is 424 g/mol. The predicted octanol–water partition coefficient (Wildman–Crippen LogP) is 4.85. The third-order valence-corrected chi connectivity index (χ3v) is 5.81. The fourth-order valence-electron chi connectivity index (χ4n) is 2.53. The molecule has 0 aliphatic heterocycles. The third kappa shape index (κ3) is 3.39. The Kier molecular flexibility index (Phi) is 4.67. The van der Waals surface area contributed by atoms with E-state index >= 15 is 0 Å². The fourth-order valence-corrected chi connectivity index (χ4v) is 3.86. The van der Waals surface area contributed by atoms with Crippen LogP contribution in [0.3, 0.4) is 0 Å². The highest BCUT2D eigenvalue weighted by molar-refractivity contribution is 7.90. The lowest BCUT2D eigenvalue weighted by Gasteiger charge is -2.12. The van der Waals surface area contributed by atoms with E-state index in [1.54, 1.807) is 0 Å². The van der Waals surface area contributed by atoms with Gasteiger partial charge in [-0.05, 0) is 25.1 Å². The molecule has 1 heterocycles. The lowest BCUT2D eigenvalue weighted by atomic mass is 10.1. The Morgan fingerprint density at radius 2 is 1.74 bits per heavy atom. The zero-order chi connectivity index (χ0) is 20.1. The summed E-state index contributed by atoms with van der Waals surface area (Å²) in [5, 5.41) is -0.579. The van der Waals surface area contributed by atoms with Crippen LogP contribution >= 0.6 is 11.6 Å². The average molecular weight is 425 g/mol. The number of alkyl halides is 3. The minimum atomic E-state index is -4.79. The Hall–Kier alpha value is -2.20. The first-order valence-corrected chi connectivity index (χ1v) is 9.42.